The zero-order chi connectivity index (χ0) is 16.7. The SMILES string of the molecule is Cc1cc(C)cc(OCC(=O)NCC(=O)NCc2ccco2)c1. The van der Waals surface area contributed by atoms with Gasteiger partial charge in [0.25, 0.3) is 5.91 Å². The van der Waals surface area contributed by atoms with Crippen molar-refractivity contribution in [1.82, 2.24) is 10.6 Å². The quantitative estimate of drug-likeness (QED) is 0.815. The molecule has 2 amide bonds. The lowest BCUT2D eigenvalue weighted by Crippen LogP contribution is -2.38. The number of rotatable bonds is 7. The van der Waals surface area contributed by atoms with Crippen LogP contribution in [0.25, 0.3) is 0 Å². The van der Waals surface area contributed by atoms with Crippen LogP contribution in [0.3, 0.4) is 0 Å². The third-order valence-electron chi connectivity index (χ3n) is 3.05. The van der Waals surface area contributed by atoms with Crippen molar-refractivity contribution in [3.63, 3.8) is 0 Å². The number of amides is 2. The molecule has 0 aliphatic rings. The molecule has 0 aliphatic heterocycles. The van der Waals surface area contributed by atoms with E-state index in [4.69, 9.17) is 9.15 Å². The van der Waals surface area contributed by atoms with Crippen molar-refractivity contribution in [1.29, 1.82) is 0 Å². The first-order valence-corrected chi connectivity index (χ1v) is 7.30. The zero-order valence-electron chi connectivity index (χ0n) is 13.2. The second-order valence-electron chi connectivity index (χ2n) is 5.24. The topological polar surface area (TPSA) is 80.6 Å². The number of hydrogen-bond donors (Lipinski definition) is 2. The van der Waals surface area contributed by atoms with Gasteiger partial charge in [-0.15, -0.1) is 0 Å². The molecular weight excluding hydrogens is 296 g/mol. The first-order valence-electron chi connectivity index (χ1n) is 7.30. The van der Waals surface area contributed by atoms with Gasteiger partial charge in [0.2, 0.25) is 5.91 Å². The summed E-state index contributed by atoms with van der Waals surface area (Å²) in [5, 5.41) is 5.15. The first kappa shape index (κ1) is 16.6. The molecule has 0 radical (unpaired) electrons. The molecule has 0 fully saturated rings. The largest absolute Gasteiger partial charge is 0.484 e. The van der Waals surface area contributed by atoms with Crippen LogP contribution in [0.1, 0.15) is 16.9 Å². The molecular formula is C17H20N2O4. The van der Waals surface area contributed by atoms with E-state index in [2.05, 4.69) is 10.6 Å². The molecule has 23 heavy (non-hydrogen) atoms. The number of furan rings is 1. The molecule has 2 N–H and O–H groups in total. The van der Waals surface area contributed by atoms with E-state index in [1.165, 1.54) is 6.26 Å². The van der Waals surface area contributed by atoms with Gasteiger partial charge in [0, 0.05) is 0 Å². The molecule has 0 atom stereocenters. The van der Waals surface area contributed by atoms with Gasteiger partial charge in [-0.3, -0.25) is 9.59 Å². The van der Waals surface area contributed by atoms with Gasteiger partial charge < -0.3 is 19.8 Å². The summed E-state index contributed by atoms with van der Waals surface area (Å²) < 4.78 is 10.5. The highest BCUT2D eigenvalue weighted by molar-refractivity contribution is 5.85. The average Bonchev–Trinajstić information content (AvgIpc) is 3.01. The van der Waals surface area contributed by atoms with Crippen LogP contribution in [0.5, 0.6) is 5.75 Å². The average molecular weight is 316 g/mol. The van der Waals surface area contributed by atoms with E-state index in [0.29, 0.717) is 18.1 Å². The van der Waals surface area contributed by atoms with E-state index >= 15 is 0 Å². The maximum absolute atomic E-state index is 11.7. The van der Waals surface area contributed by atoms with Gasteiger partial charge in [-0.1, -0.05) is 6.07 Å². The van der Waals surface area contributed by atoms with Gasteiger partial charge >= 0.3 is 0 Å². The highest BCUT2D eigenvalue weighted by Gasteiger charge is 2.07. The van der Waals surface area contributed by atoms with E-state index in [-0.39, 0.29) is 25.0 Å². The van der Waals surface area contributed by atoms with Crippen LogP contribution in [-0.4, -0.2) is 25.0 Å². The van der Waals surface area contributed by atoms with Crippen LogP contribution in [-0.2, 0) is 16.1 Å². The summed E-state index contributed by atoms with van der Waals surface area (Å²) in [6, 6.07) is 9.24. The third-order valence-corrected chi connectivity index (χ3v) is 3.05. The minimum absolute atomic E-state index is 0.101. The summed E-state index contributed by atoms with van der Waals surface area (Å²) in [6.45, 7) is 3.98. The van der Waals surface area contributed by atoms with E-state index < -0.39 is 0 Å². The molecule has 0 unspecified atom stereocenters. The number of aryl methyl sites for hydroxylation is 2. The van der Waals surface area contributed by atoms with Gasteiger partial charge in [-0.05, 0) is 49.2 Å². The number of hydrogen-bond acceptors (Lipinski definition) is 4. The normalized spacial score (nSPS) is 10.2. The molecule has 0 aliphatic carbocycles. The maximum Gasteiger partial charge on any atom is 0.258 e. The molecule has 6 nitrogen and oxygen atoms in total. The van der Waals surface area contributed by atoms with Crippen molar-refractivity contribution >= 4 is 11.8 Å². The first-order chi connectivity index (χ1) is 11.0. The molecule has 2 rings (SSSR count). The molecule has 1 aromatic carbocycles. The summed E-state index contributed by atoms with van der Waals surface area (Å²) in [6.07, 6.45) is 1.54. The Labute approximate surface area is 134 Å². The Morgan fingerprint density at radius 1 is 1.09 bits per heavy atom. The number of carbonyl (C=O) groups is 2. The summed E-state index contributed by atoms with van der Waals surface area (Å²) in [7, 11) is 0. The monoisotopic (exact) mass is 316 g/mol. The minimum Gasteiger partial charge on any atom is -0.484 e. The fourth-order valence-corrected chi connectivity index (χ4v) is 2.06. The molecule has 0 saturated heterocycles. The zero-order valence-corrected chi connectivity index (χ0v) is 13.2. The van der Waals surface area contributed by atoms with E-state index in [1.807, 2.05) is 32.0 Å². The van der Waals surface area contributed by atoms with Crippen molar-refractivity contribution in [2.45, 2.75) is 20.4 Å². The summed E-state index contributed by atoms with van der Waals surface area (Å²) in [5.74, 6) is 0.654. The molecule has 0 saturated carbocycles. The van der Waals surface area contributed by atoms with Crippen LogP contribution in [0.15, 0.2) is 41.0 Å². The predicted octanol–water partition coefficient (Wildman–Crippen LogP) is 1.71. The molecule has 0 bridgehead atoms. The maximum atomic E-state index is 11.7. The standard InChI is InChI=1S/C17H20N2O4/c1-12-6-13(2)8-15(7-12)23-11-17(21)19-10-16(20)18-9-14-4-3-5-22-14/h3-8H,9-11H2,1-2H3,(H,18,20)(H,19,21). The van der Waals surface area contributed by atoms with Crippen molar-refractivity contribution in [3.8, 4) is 5.75 Å². The van der Waals surface area contributed by atoms with Crippen molar-refractivity contribution in [3.05, 3.63) is 53.5 Å². The Morgan fingerprint density at radius 3 is 2.48 bits per heavy atom. The lowest BCUT2D eigenvalue weighted by molar-refractivity contribution is -0.127. The van der Waals surface area contributed by atoms with Gasteiger partial charge in [0.15, 0.2) is 6.61 Å². The van der Waals surface area contributed by atoms with E-state index in [9.17, 15) is 9.59 Å². The van der Waals surface area contributed by atoms with Crippen LogP contribution in [0.2, 0.25) is 0 Å². The lowest BCUT2D eigenvalue weighted by Gasteiger charge is -2.09. The Hall–Kier alpha value is -2.76. The van der Waals surface area contributed by atoms with Crippen LogP contribution < -0.4 is 15.4 Å². The summed E-state index contributed by atoms with van der Waals surface area (Å²) >= 11 is 0. The molecule has 6 heteroatoms. The molecule has 122 valence electrons. The highest BCUT2D eigenvalue weighted by Crippen LogP contribution is 2.15. The number of nitrogens with one attached hydrogen (secondary N) is 2. The van der Waals surface area contributed by atoms with Crippen LogP contribution in [0.4, 0.5) is 0 Å². The van der Waals surface area contributed by atoms with Crippen molar-refractivity contribution < 1.29 is 18.7 Å². The second kappa shape index (κ2) is 8.03. The third kappa shape index (κ3) is 5.86. The van der Waals surface area contributed by atoms with E-state index in [1.54, 1.807) is 12.1 Å². The Balaban J connectivity index is 1.67. The van der Waals surface area contributed by atoms with Crippen molar-refractivity contribution in [2.75, 3.05) is 13.2 Å². The van der Waals surface area contributed by atoms with Crippen molar-refractivity contribution in [2.24, 2.45) is 0 Å². The second-order valence-corrected chi connectivity index (χ2v) is 5.24. The number of benzene rings is 1. The number of carbonyl (C=O) groups excluding carboxylic acids is 2. The van der Waals surface area contributed by atoms with Gasteiger partial charge in [0.05, 0.1) is 19.4 Å². The van der Waals surface area contributed by atoms with Gasteiger partial charge in [-0.2, -0.15) is 0 Å². The summed E-state index contributed by atoms with van der Waals surface area (Å²) in [5.41, 5.74) is 2.13. The Morgan fingerprint density at radius 2 is 1.83 bits per heavy atom. The fraction of sp³-hybridized carbons (Fsp3) is 0.294. The molecule has 1 heterocycles. The minimum atomic E-state index is -0.350. The van der Waals surface area contributed by atoms with Gasteiger partial charge in [0.1, 0.15) is 11.5 Å². The Bertz CT molecular complexity index is 645. The predicted molar refractivity (Wildman–Crippen MR) is 85.0 cm³/mol. The number of ether oxygens (including phenoxy) is 1. The lowest BCUT2D eigenvalue weighted by atomic mass is 10.1. The fourth-order valence-electron chi connectivity index (χ4n) is 2.06. The smallest absolute Gasteiger partial charge is 0.258 e. The highest BCUT2D eigenvalue weighted by atomic mass is 16.5. The van der Waals surface area contributed by atoms with E-state index in [0.717, 1.165) is 11.1 Å². The summed E-state index contributed by atoms with van der Waals surface area (Å²) in [4.78, 5) is 23.3. The van der Waals surface area contributed by atoms with Crippen LogP contribution in [0, 0.1) is 13.8 Å². The molecule has 2 aromatic rings. The molecule has 0 spiro atoms. The molecule has 1 aromatic heterocycles. The Kier molecular flexibility index (Phi) is 5.80. The van der Waals surface area contributed by atoms with Gasteiger partial charge in [-0.25, -0.2) is 0 Å². The van der Waals surface area contributed by atoms with Crippen LogP contribution >= 0.6 is 0 Å².